The second kappa shape index (κ2) is 9.03. The predicted molar refractivity (Wildman–Crippen MR) is 106 cm³/mol. The summed E-state index contributed by atoms with van der Waals surface area (Å²) < 4.78 is 5.76. The number of amides is 2. The first-order valence-corrected chi connectivity index (χ1v) is 9.43. The number of aryl methyl sites for hydroxylation is 1. The number of hydrogen-bond donors (Lipinski definition) is 5. The average molecular weight is 371 g/mol. The number of hydrazine groups is 1. The zero-order valence-electron chi connectivity index (χ0n) is 16.1. The van der Waals surface area contributed by atoms with E-state index >= 15 is 0 Å². The van der Waals surface area contributed by atoms with Gasteiger partial charge in [0.15, 0.2) is 0 Å². The fraction of sp³-hybridized carbons (Fsp3) is 0.450. The molecule has 1 aromatic heterocycles. The third-order valence-electron chi connectivity index (χ3n) is 4.53. The van der Waals surface area contributed by atoms with Crippen molar-refractivity contribution in [2.24, 2.45) is 5.92 Å². The van der Waals surface area contributed by atoms with E-state index in [9.17, 15) is 4.79 Å². The molecule has 2 heterocycles. The van der Waals surface area contributed by atoms with Gasteiger partial charge in [0.2, 0.25) is 0 Å². The van der Waals surface area contributed by atoms with Crippen LogP contribution >= 0.6 is 0 Å². The van der Waals surface area contributed by atoms with Crippen LogP contribution in [0.3, 0.4) is 0 Å². The van der Waals surface area contributed by atoms with Crippen molar-refractivity contribution in [3.8, 4) is 0 Å². The largest absolute Gasteiger partial charge is 0.465 e. The molecule has 5 N–H and O–H groups in total. The van der Waals surface area contributed by atoms with E-state index in [2.05, 4.69) is 26.8 Å². The van der Waals surface area contributed by atoms with E-state index in [1.807, 2.05) is 57.2 Å². The van der Waals surface area contributed by atoms with E-state index in [0.29, 0.717) is 5.92 Å². The Balaban J connectivity index is 1.45. The minimum Gasteiger partial charge on any atom is -0.465 e. The van der Waals surface area contributed by atoms with Crippen LogP contribution < -0.4 is 26.8 Å². The number of urea groups is 1. The second-order valence-corrected chi connectivity index (χ2v) is 7.29. The summed E-state index contributed by atoms with van der Waals surface area (Å²) in [5.41, 5.74) is 8.48. The number of benzene rings is 1. The summed E-state index contributed by atoms with van der Waals surface area (Å²) in [4.78, 5) is 11.7. The zero-order valence-corrected chi connectivity index (χ0v) is 16.1. The lowest BCUT2D eigenvalue weighted by Gasteiger charge is -2.17. The van der Waals surface area contributed by atoms with Gasteiger partial charge in [0.05, 0.1) is 6.04 Å². The van der Waals surface area contributed by atoms with Crippen LogP contribution in [0, 0.1) is 12.8 Å². The van der Waals surface area contributed by atoms with E-state index in [-0.39, 0.29) is 18.1 Å². The van der Waals surface area contributed by atoms with Gasteiger partial charge in [-0.2, -0.15) is 0 Å². The quantitative estimate of drug-likeness (QED) is 0.516. The average Bonchev–Trinajstić information content (AvgIpc) is 3.24. The van der Waals surface area contributed by atoms with Gasteiger partial charge in [0.25, 0.3) is 0 Å². The highest BCUT2D eigenvalue weighted by molar-refractivity contribution is 5.89. The summed E-state index contributed by atoms with van der Waals surface area (Å²) >= 11 is 0. The molecule has 146 valence electrons. The Morgan fingerprint density at radius 2 is 2.00 bits per heavy atom. The standard InChI is InChI=1S/C20H29N5O2/c1-13(2)23-20(26)24-17-7-5-15(6-8-17)10-21-11-16-12-22-25-19(16)18-9-4-14(3)27-18/h4-9,13,16,19,21-22,25H,10-12H2,1-3H3,(H2,23,24,26). The highest BCUT2D eigenvalue weighted by atomic mass is 16.3. The first-order valence-electron chi connectivity index (χ1n) is 9.43. The second-order valence-electron chi connectivity index (χ2n) is 7.29. The molecular formula is C20H29N5O2. The third kappa shape index (κ3) is 5.56. The number of nitrogens with one attached hydrogen (secondary N) is 5. The number of anilines is 1. The van der Waals surface area contributed by atoms with Crippen LogP contribution in [0.15, 0.2) is 40.8 Å². The maximum atomic E-state index is 11.7. The Labute approximate surface area is 160 Å². The lowest BCUT2D eigenvalue weighted by atomic mass is 10.00. The van der Waals surface area contributed by atoms with Crippen LogP contribution in [-0.4, -0.2) is 25.2 Å². The molecular weight excluding hydrogens is 342 g/mol. The summed E-state index contributed by atoms with van der Waals surface area (Å²) in [5.74, 6) is 2.32. The van der Waals surface area contributed by atoms with Crippen molar-refractivity contribution in [1.29, 1.82) is 0 Å². The molecule has 0 spiro atoms. The molecule has 2 amide bonds. The van der Waals surface area contributed by atoms with Gasteiger partial charge < -0.3 is 20.4 Å². The lowest BCUT2D eigenvalue weighted by Crippen LogP contribution is -2.34. The Hall–Kier alpha value is -2.35. The molecule has 7 heteroatoms. The Kier molecular flexibility index (Phi) is 6.49. The van der Waals surface area contributed by atoms with Crippen molar-refractivity contribution in [3.63, 3.8) is 0 Å². The summed E-state index contributed by atoms with van der Waals surface area (Å²) in [6, 6.07) is 12.0. The molecule has 0 aliphatic carbocycles. The predicted octanol–water partition coefficient (Wildman–Crippen LogP) is 2.67. The van der Waals surface area contributed by atoms with Gasteiger partial charge in [0, 0.05) is 37.3 Å². The summed E-state index contributed by atoms with van der Waals surface area (Å²) in [7, 11) is 0. The Morgan fingerprint density at radius 1 is 1.22 bits per heavy atom. The van der Waals surface area contributed by atoms with E-state index in [0.717, 1.165) is 36.8 Å². The maximum absolute atomic E-state index is 11.7. The third-order valence-corrected chi connectivity index (χ3v) is 4.53. The highest BCUT2D eigenvalue weighted by Gasteiger charge is 2.30. The molecule has 7 nitrogen and oxygen atoms in total. The minimum absolute atomic E-state index is 0.113. The highest BCUT2D eigenvalue weighted by Crippen LogP contribution is 2.26. The first kappa shape index (κ1) is 19.4. The number of rotatable bonds is 7. The summed E-state index contributed by atoms with van der Waals surface area (Å²) in [5, 5.41) is 9.15. The van der Waals surface area contributed by atoms with E-state index in [4.69, 9.17) is 4.42 Å². The normalized spacial score (nSPS) is 19.4. The lowest BCUT2D eigenvalue weighted by molar-refractivity contribution is 0.250. The molecule has 1 aromatic carbocycles. The van der Waals surface area contributed by atoms with Crippen LogP contribution in [0.25, 0.3) is 0 Å². The van der Waals surface area contributed by atoms with Crippen LogP contribution in [0.2, 0.25) is 0 Å². The fourth-order valence-electron chi connectivity index (χ4n) is 3.19. The van der Waals surface area contributed by atoms with Crippen molar-refractivity contribution in [2.45, 2.75) is 39.4 Å². The van der Waals surface area contributed by atoms with Crippen LogP contribution in [-0.2, 0) is 6.54 Å². The van der Waals surface area contributed by atoms with Gasteiger partial charge in [-0.3, -0.25) is 5.43 Å². The minimum atomic E-state index is -0.184. The molecule has 1 aliphatic rings. The van der Waals surface area contributed by atoms with Gasteiger partial charge >= 0.3 is 6.03 Å². The van der Waals surface area contributed by atoms with Crippen molar-refractivity contribution in [3.05, 3.63) is 53.5 Å². The van der Waals surface area contributed by atoms with Gasteiger partial charge in [-0.15, -0.1) is 0 Å². The molecule has 1 fully saturated rings. The number of hydrogen-bond acceptors (Lipinski definition) is 5. The summed E-state index contributed by atoms with van der Waals surface area (Å²) in [6.45, 7) is 8.37. The molecule has 3 rings (SSSR count). The molecule has 1 saturated heterocycles. The van der Waals surface area contributed by atoms with Crippen LogP contribution in [0.4, 0.5) is 10.5 Å². The van der Waals surface area contributed by atoms with E-state index in [1.165, 1.54) is 5.56 Å². The van der Waals surface area contributed by atoms with Crippen LogP contribution in [0.1, 0.15) is 37.0 Å². The fourth-order valence-corrected chi connectivity index (χ4v) is 3.19. The molecule has 0 saturated carbocycles. The molecule has 2 aromatic rings. The molecule has 2 unspecified atom stereocenters. The number of carbonyl (C=O) groups is 1. The van der Waals surface area contributed by atoms with Gasteiger partial charge in [-0.25, -0.2) is 10.2 Å². The molecule has 2 atom stereocenters. The molecule has 0 radical (unpaired) electrons. The SMILES string of the molecule is Cc1ccc(C2NNCC2CNCc2ccc(NC(=O)NC(C)C)cc2)o1. The maximum Gasteiger partial charge on any atom is 0.319 e. The summed E-state index contributed by atoms with van der Waals surface area (Å²) in [6.07, 6.45) is 0. The van der Waals surface area contributed by atoms with Gasteiger partial charge in [0.1, 0.15) is 11.5 Å². The van der Waals surface area contributed by atoms with Crippen molar-refractivity contribution >= 4 is 11.7 Å². The topological polar surface area (TPSA) is 90.4 Å². The first-order chi connectivity index (χ1) is 13.0. The Bertz CT molecular complexity index is 741. The van der Waals surface area contributed by atoms with Crippen molar-refractivity contribution in [2.75, 3.05) is 18.4 Å². The van der Waals surface area contributed by atoms with E-state index < -0.39 is 0 Å². The smallest absolute Gasteiger partial charge is 0.319 e. The van der Waals surface area contributed by atoms with Crippen molar-refractivity contribution < 1.29 is 9.21 Å². The monoisotopic (exact) mass is 371 g/mol. The van der Waals surface area contributed by atoms with Gasteiger partial charge in [-0.05, 0) is 50.6 Å². The molecule has 0 bridgehead atoms. The number of furan rings is 1. The molecule has 1 aliphatic heterocycles. The Morgan fingerprint density at radius 3 is 2.67 bits per heavy atom. The van der Waals surface area contributed by atoms with Gasteiger partial charge in [-0.1, -0.05) is 12.1 Å². The van der Waals surface area contributed by atoms with E-state index in [1.54, 1.807) is 0 Å². The van der Waals surface area contributed by atoms with Crippen LogP contribution in [0.5, 0.6) is 0 Å². The van der Waals surface area contributed by atoms with Crippen molar-refractivity contribution in [1.82, 2.24) is 21.5 Å². The molecule has 27 heavy (non-hydrogen) atoms. The number of carbonyl (C=O) groups excluding carboxylic acids is 1. The zero-order chi connectivity index (χ0) is 19.2.